The Hall–Kier alpha value is -3.01. The van der Waals surface area contributed by atoms with Crippen molar-refractivity contribution in [1.82, 2.24) is 19.9 Å². The third-order valence-electron chi connectivity index (χ3n) is 4.32. The molecule has 1 aromatic carbocycles. The average Bonchev–Trinajstić information content (AvgIpc) is 3.39. The molecule has 0 saturated carbocycles. The Morgan fingerprint density at radius 1 is 1.23 bits per heavy atom. The predicted molar refractivity (Wildman–Crippen MR) is 118 cm³/mol. The van der Waals surface area contributed by atoms with E-state index in [1.165, 1.54) is 17.4 Å². The molecule has 3 heterocycles. The summed E-state index contributed by atoms with van der Waals surface area (Å²) in [6.45, 7) is 1.83. The van der Waals surface area contributed by atoms with E-state index in [0.717, 1.165) is 0 Å². The average molecular weight is 461 g/mol. The van der Waals surface area contributed by atoms with Crippen molar-refractivity contribution < 1.29 is 4.92 Å². The van der Waals surface area contributed by atoms with Gasteiger partial charge in [0.15, 0.2) is 10.8 Å². The summed E-state index contributed by atoms with van der Waals surface area (Å²) in [5, 5.41) is 17.4. The summed E-state index contributed by atoms with van der Waals surface area (Å²) in [6, 6.07) is 6.22. The van der Waals surface area contributed by atoms with Gasteiger partial charge in [-0.25, -0.2) is 15.0 Å². The summed E-state index contributed by atoms with van der Waals surface area (Å²) in [4.78, 5) is 27.3. The van der Waals surface area contributed by atoms with Crippen LogP contribution in [0.25, 0.3) is 22.6 Å². The fraction of sp³-hybridized carbons (Fsp3) is 0.105. The number of H-pyrrole nitrogens is 1. The van der Waals surface area contributed by atoms with E-state index in [1.807, 2.05) is 6.92 Å². The zero-order valence-corrected chi connectivity index (χ0v) is 17.8. The highest BCUT2D eigenvalue weighted by Crippen LogP contribution is 2.36. The Kier molecular flexibility index (Phi) is 5.67. The van der Waals surface area contributed by atoms with Crippen molar-refractivity contribution in [2.45, 2.75) is 13.0 Å². The molecule has 2 N–H and O–H groups in total. The third kappa shape index (κ3) is 4.00. The Morgan fingerprint density at radius 2 is 2.07 bits per heavy atom. The summed E-state index contributed by atoms with van der Waals surface area (Å²) in [5.41, 5.74) is 1.93. The standard InChI is InChI=1S/C19H14Cl2N6O2S/c1-10(25-19-15(27(28)29)4-7-30-19)17-24-9-13(18-22-5-6-23-18)16(26-17)12-3-2-11(20)8-14(12)21/h2-10,25H,1H3,(H,22,23). The minimum Gasteiger partial charge on any atom is -0.362 e. The second kappa shape index (κ2) is 8.39. The van der Waals surface area contributed by atoms with Crippen molar-refractivity contribution in [3.63, 3.8) is 0 Å². The largest absolute Gasteiger partial charge is 0.362 e. The molecule has 11 heteroatoms. The Bertz CT molecular complexity index is 1210. The van der Waals surface area contributed by atoms with Crippen LogP contribution in [0.3, 0.4) is 0 Å². The number of hydrogen-bond acceptors (Lipinski definition) is 7. The number of benzene rings is 1. The molecule has 4 aromatic rings. The van der Waals surface area contributed by atoms with Crippen LogP contribution in [0, 0.1) is 10.1 Å². The summed E-state index contributed by atoms with van der Waals surface area (Å²) < 4.78 is 0. The normalized spacial score (nSPS) is 12.0. The third-order valence-corrected chi connectivity index (χ3v) is 5.71. The van der Waals surface area contributed by atoms with E-state index in [0.29, 0.717) is 43.5 Å². The minimum atomic E-state index is -0.425. The van der Waals surface area contributed by atoms with Gasteiger partial charge in [-0.3, -0.25) is 10.1 Å². The number of imidazole rings is 1. The van der Waals surface area contributed by atoms with Crippen LogP contribution in [0.2, 0.25) is 10.0 Å². The molecule has 0 spiro atoms. The lowest BCUT2D eigenvalue weighted by molar-refractivity contribution is -0.383. The van der Waals surface area contributed by atoms with Gasteiger partial charge >= 0.3 is 5.69 Å². The molecule has 0 fully saturated rings. The number of nitro groups is 1. The van der Waals surface area contributed by atoms with Crippen LogP contribution in [-0.4, -0.2) is 24.9 Å². The topological polar surface area (TPSA) is 110 Å². The van der Waals surface area contributed by atoms with Crippen LogP contribution in [0.4, 0.5) is 10.7 Å². The molecule has 8 nitrogen and oxygen atoms in total. The number of nitrogens with zero attached hydrogens (tertiary/aromatic N) is 4. The molecule has 3 aromatic heterocycles. The molecule has 1 unspecified atom stereocenters. The maximum atomic E-state index is 11.2. The highest BCUT2D eigenvalue weighted by molar-refractivity contribution is 7.14. The van der Waals surface area contributed by atoms with Gasteiger partial charge < -0.3 is 10.3 Å². The van der Waals surface area contributed by atoms with Crippen LogP contribution in [0.1, 0.15) is 18.8 Å². The van der Waals surface area contributed by atoms with Crippen molar-refractivity contribution in [2.24, 2.45) is 0 Å². The molecule has 0 aliphatic rings. The second-order valence-corrected chi connectivity index (χ2v) is 8.07. The Balaban J connectivity index is 1.77. The zero-order chi connectivity index (χ0) is 21.3. The summed E-state index contributed by atoms with van der Waals surface area (Å²) in [7, 11) is 0. The molecule has 0 saturated heterocycles. The van der Waals surface area contributed by atoms with E-state index in [-0.39, 0.29) is 5.69 Å². The van der Waals surface area contributed by atoms with E-state index < -0.39 is 11.0 Å². The van der Waals surface area contributed by atoms with Crippen LogP contribution < -0.4 is 5.32 Å². The fourth-order valence-corrected chi connectivity index (χ4v) is 4.23. The second-order valence-electron chi connectivity index (χ2n) is 6.31. The molecule has 152 valence electrons. The molecule has 0 aliphatic heterocycles. The number of anilines is 1. The molecule has 1 atom stereocenters. The fourth-order valence-electron chi connectivity index (χ4n) is 2.89. The Morgan fingerprint density at radius 3 is 2.77 bits per heavy atom. The van der Waals surface area contributed by atoms with E-state index in [4.69, 9.17) is 28.2 Å². The van der Waals surface area contributed by atoms with Gasteiger partial charge in [0.25, 0.3) is 0 Å². The van der Waals surface area contributed by atoms with E-state index >= 15 is 0 Å². The van der Waals surface area contributed by atoms with Gasteiger partial charge in [-0.15, -0.1) is 11.3 Å². The number of nitrogens with one attached hydrogen (secondary N) is 2. The molecule has 0 bridgehead atoms. The van der Waals surface area contributed by atoms with Gasteiger partial charge in [-0.05, 0) is 30.5 Å². The van der Waals surface area contributed by atoms with Crippen LogP contribution in [-0.2, 0) is 0 Å². The number of aromatic nitrogens is 4. The van der Waals surface area contributed by atoms with E-state index in [9.17, 15) is 10.1 Å². The van der Waals surface area contributed by atoms with Crippen molar-refractivity contribution >= 4 is 45.2 Å². The van der Waals surface area contributed by atoms with Crippen molar-refractivity contribution in [3.05, 3.63) is 74.2 Å². The lowest BCUT2D eigenvalue weighted by atomic mass is 10.1. The first-order valence-electron chi connectivity index (χ1n) is 8.74. The molecule has 30 heavy (non-hydrogen) atoms. The first-order valence-corrected chi connectivity index (χ1v) is 10.4. The number of thiophene rings is 1. The molecular formula is C19H14Cl2N6O2S. The number of aromatic amines is 1. The van der Waals surface area contributed by atoms with E-state index in [2.05, 4.69) is 20.3 Å². The zero-order valence-electron chi connectivity index (χ0n) is 15.5. The van der Waals surface area contributed by atoms with Crippen LogP contribution in [0.5, 0.6) is 0 Å². The van der Waals surface area contributed by atoms with Crippen molar-refractivity contribution in [2.75, 3.05) is 5.32 Å². The van der Waals surface area contributed by atoms with Gasteiger partial charge in [0.05, 0.1) is 27.2 Å². The SMILES string of the molecule is CC(Nc1sccc1[N+](=O)[O-])c1ncc(-c2ncc[nH]2)c(-c2ccc(Cl)cc2Cl)n1. The molecule has 0 radical (unpaired) electrons. The highest BCUT2D eigenvalue weighted by Gasteiger charge is 2.21. The van der Waals surface area contributed by atoms with E-state index in [1.54, 1.807) is 42.2 Å². The summed E-state index contributed by atoms with van der Waals surface area (Å²) in [5.74, 6) is 1.05. The van der Waals surface area contributed by atoms with Gasteiger partial charge in [0, 0.05) is 35.2 Å². The van der Waals surface area contributed by atoms with Gasteiger partial charge in [-0.1, -0.05) is 23.2 Å². The highest BCUT2D eigenvalue weighted by atomic mass is 35.5. The van der Waals surface area contributed by atoms with Crippen molar-refractivity contribution in [1.29, 1.82) is 0 Å². The first kappa shape index (κ1) is 20.3. The smallest absolute Gasteiger partial charge is 0.303 e. The Labute approximate surface area is 185 Å². The molecule has 4 rings (SSSR count). The molecular weight excluding hydrogens is 447 g/mol. The van der Waals surface area contributed by atoms with Crippen LogP contribution in [0.15, 0.2) is 48.2 Å². The first-order chi connectivity index (χ1) is 14.4. The van der Waals surface area contributed by atoms with Gasteiger partial charge in [0.2, 0.25) is 0 Å². The van der Waals surface area contributed by atoms with Gasteiger partial charge in [-0.2, -0.15) is 0 Å². The van der Waals surface area contributed by atoms with Gasteiger partial charge in [0.1, 0.15) is 5.82 Å². The molecule has 0 amide bonds. The maximum absolute atomic E-state index is 11.2. The van der Waals surface area contributed by atoms with Crippen LogP contribution >= 0.6 is 34.5 Å². The number of halogens is 2. The lowest BCUT2D eigenvalue weighted by Gasteiger charge is -2.15. The summed E-state index contributed by atoms with van der Waals surface area (Å²) >= 11 is 13.7. The minimum absolute atomic E-state index is 0.0139. The quantitative estimate of drug-likeness (QED) is 0.270. The number of hydrogen-bond donors (Lipinski definition) is 2. The van der Waals surface area contributed by atoms with Crippen molar-refractivity contribution in [3.8, 4) is 22.6 Å². The maximum Gasteiger partial charge on any atom is 0.303 e. The predicted octanol–water partition coefficient (Wildman–Crippen LogP) is 5.98. The molecule has 0 aliphatic carbocycles. The lowest BCUT2D eigenvalue weighted by Crippen LogP contribution is -2.12. The number of rotatable bonds is 6. The summed E-state index contributed by atoms with van der Waals surface area (Å²) in [6.07, 6.45) is 5.00. The monoisotopic (exact) mass is 460 g/mol.